The predicted octanol–water partition coefficient (Wildman–Crippen LogP) is 4.32. The number of carbonyl (C=O) groups is 1. The maximum atomic E-state index is 13.2. The summed E-state index contributed by atoms with van der Waals surface area (Å²) in [5, 5.41) is 3.74. The van der Waals surface area contributed by atoms with E-state index in [0.717, 1.165) is 12.8 Å². The van der Waals surface area contributed by atoms with Gasteiger partial charge in [0, 0.05) is 19.1 Å². The van der Waals surface area contributed by atoms with E-state index in [2.05, 4.69) is 24.4 Å². The van der Waals surface area contributed by atoms with Gasteiger partial charge in [-0.25, -0.2) is 8.42 Å². The molecule has 0 radical (unpaired) electrons. The smallest absolute Gasteiger partial charge is 0.244 e. The van der Waals surface area contributed by atoms with E-state index in [0.29, 0.717) is 25.9 Å². The summed E-state index contributed by atoms with van der Waals surface area (Å²) in [5.74, 6) is 0.0738. The van der Waals surface area contributed by atoms with Crippen LogP contribution in [0.3, 0.4) is 0 Å². The zero-order valence-electron chi connectivity index (χ0n) is 18.8. The summed E-state index contributed by atoms with van der Waals surface area (Å²) in [5.41, 5.74) is 0.696. The van der Waals surface area contributed by atoms with E-state index in [9.17, 15) is 13.2 Å². The number of amides is 1. The zero-order valence-corrected chi connectivity index (χ0v) is 21.1. The predicted molar refractivity (Wildman–Crippen MR) is 131 cm³/mol. The molecule has 6 nitrogen and oxygen atoms in total. The Morgan fingerprint density at radius 1 is 1.09 bits per heavy atom. The third kappa shape index (κ3) is 4.66. The highest BCUT2D eigenvalue weighted by atomic mass is 35.5. The van der Waals surface area contributed by atoms with Crippen molar-refractivity contribution in [3.63, 3.8) is 0 Å². The summed E-state index contributed by atoms with van der Waals surface area (Å²) in [4.78, 5) is 15.1. The van der Waals surface area contributed by atoms with Gasteiger partial charge in [-0.15, -0.1) is 0 Å². The van der Waals surface area contributed by atoms with Crippen LogP contribution >= 0.6 is 23.2 Å². The minimum atomic E-state index is -3.79. The molecule has 0 aromatic heterocycles. The number of hydrogen-bond acceptors (Lipinski definition) is 4. The van der Waals surface area contributed by atoms with Crippen LogP contribution in [0.25, 0.3) is 0 Å². The van der Waals surface area contributed by atoms with Crippen LogP contribution in [0.1, 0.15) is 38.7 Å². The number of aryl methyl sites for hydroxylation is 1. The fraction of sp³-hybridized carbons (Fsp3) is 0.458. The van der Waals surface area contributed by atoms with E-state index < -0.39 is 15.7 Å². The van der Waals surface area contributed by atoms with Gasteiger partial charge in [0.05, 0.1) is 21.7 Å². The van der Waals surface area contributed by atoms with Crippen molar-refractivity contribution in [3.8, 4) is 0 Å². The maximum absolute atomic E-state index is 13.2. The molecule has 2 atom stereocenters. The number of carbonyl (C=O) groups excluding carboxylic acids is 1. The van der Waals surface area contributed by atoms with Crippen LogP contribution in [-0.2, 0) is 21.2 Å². The zero-order chi connectivity index (χ0) is 23.8. The second-order valence-corrected chi connectivity index (χ2v) is 11.6. The van der Waals surface area contributed by atoms with Crippen LogP contribution in [0.5, 0.6) is 0 Å². The molecule has 1 spiro atoms. The Morgan fingerprint density at radius 3 is 2.42 bits per heavy atom. The minimum absolute atomic E-state index is 0.0181. The number of piperidine rings is 1. The molecule has 33 heavy (non-hydrogen) atoms. The van der Waals surface area contributed by atoms with Gasteiger partial charge in [0.15, 0.2) is 0 Å². The van der Waals surface area contributed by atoms with Gasteiger partial charge in [0.2, 0.25) is 15.9 Å². The van der Waals surface area contributed by atoms with E-state index in [1.165, 1.54) is 15.9 Å². The van der Waals surface area contributed by atoms with Crippen LogP contribution in [0, 0.1) is 0 Å². The monoisotopic (exact) mass is 509 g/mol. The molecular weight excluding hydrogens is 481 g/mol. The van der Waals surface area contributed by atoms with Gasteiger partial charge in [-0.1, -0.05) is 59.6 Å². The largest absolute Gasteiger partial charge is 0.320 e. The van der Waals surface area contributed by atoms with Crippen LogP contribution in [0.15, 0.2) is 53.4 Å². The van der Waals surface area contributed by atoms with Crippen LogP contribution in [0.2, 0.25) is 10.0 Å². The lowest BCUT2D eigenvalue weighted by Gasteiger charge is -2.46. The van der Waals surface area contributed by atoms with Crippen molar-refractivity contribution in [3.05, 3.63) is 64.1 Å². The topological polar surface area (TPSA) is 69.7 Å². The first-order valence-corrected chi connectivity index (χ1v) is 13.4. The number of rotatable bonds is 6. The summed E-state index contributed by atoms with van der Waals surface area (Å²) in [7, 11) is -3.79. The van der Waals surface area contributed by atoms with Gasteiger partial charge in [0.25, 0.3) is 0 Å². The minimum Gasteiger partial charge on any atom is -0.320 e. The number of benzene rings is 2. The van der Waals surface area contributed by atoms with Crippen LogP contribution in [-0.4, -0.2) is 54.4 Å². The third-order valence-electron chi connectivity index (χ3n) is 6.77. The van der Waals surface area contributed by atoms with Gasteiger partial charge < -0.3 is 4.90 Å². The SMILES string of the molecule is CC1NC2(CCN(S(=O)(=O)c3cccc(Cl)c3Cl)CC2)N(C(C)CCc2ccccc2)C1=O. The lowest BCUT2D eigenvalue weighted by molar-refractivity contribution is -0.135. The molecule has 2 heterocycles. The number of sulfonamides is 1. The van der Waals surface area contributed by atoms with E-state index in [-0.39, 0.29) is 32.9 Å². The van der Waals surface area contributed by atoms with E-state index in [1.807, 2.05) is 30.0 Å². The Morgan fingerprint density at radius 2 is 1.76 bits per heavy atom. The third-order valence-corrected chi connectivity index (χ3v) is 9.64. The number of hydrogen-bond donors (Lipinski definition) is 1. The summed E-state index contributed by atoms with van der Waals surface area (Å²) in [6, 6.07) is 14.6. The first-order chi connectivity index (χ1) is 15.7. The number of nitrogens with zero attached hydrogens (tertiary/aromatic N) is 2. The molecule has 2 aromatic rings. The first kappa shape index (κ1) is 24.5. The van der Waals surface area contributed by atoms with Gasteiger partial charge in [0.1, 0.15) is 4.90 Å². The lowest BCUT2D eigenvalue weighted by Crippen LogP contribution is -2.61. The van der Waals surface area contributed by atoms with E-state index in [4.69, 9.17) is 23.2 Å². The molecule has 1 N–H and O–H groups in total. The van der Waals surface area contributed by atoms with Crippen LogP contribution < -0.4 is 5.32 Å². The Balaban J connectivity index is 1.50. The number of nitrogens with one attached hydrogen (secondary N) is 1. The molecule has 0 saturated carbocycles. The van der Waals surface area contributed by atoms with Crippen molar-refractivity contribution in [2.24, 2.45) is 0 Å². The molecule has 2 saturated heterocycles. The molecule has 2 unspecified atom stereocenters. The number of halogens is 2. The van der Waals surface area contributed by atoms with Crippen molar-refractivity contribution in [1.82, 2.24) is 14.5 Å². The summed E-state index contributed by atoms with van der Waals surface area (Å²) in [6.07, 6.45) is 2.74. The highest BCUT2D eigenvalue weighted by molar-refractivity contribution is 7.89. The summed E-state index contributed by atoms with van der Waals surface area (Å²) in [6.45, 7) is 4.54. The van der Waals surface area contributed by atoms with Gasteiger partial charge in [-0.05, 0) is 57.2 Å². The average molecular weight is 510 g/mol. The Hall–Kier alpha value is -1.64. The Kier molecular flexibility index (Phi) is 7.08. The molecule has 178 valence electrons. The van der Waals surface area contributed by atoms with Crippen LogP contribution in [0.4, 0.5) is 0 Å². The quantitative estimate of drug-likeness (QED) is 0.629. The highest BCUT2D eigenvalue weighted by Crippen LogP contribution is 2.38. The molecule has 1 amide bonds. The van der Waals surface area contributed by atoms with Crippen molar-refractivity contribution >= 4 is 39.1 Å². The second-order valence-electron chi connectivity index (χ2n) is 8.94. The van der Waals surface area contributed by atoms with Gasteiger partial charge in [-0.2, -0.15) is 4.31 Å². The molecule has 4 rings (SSSR count). The first-order valence-electron chi connectivity index (χ1n) is 11.2. The Bertz CT molecular complexity index is 1120. The molecule has 2 aliphatic rings. The molecule has 9 heteroatoms. The van der Waals surface area contributed by atoms with Crippen molar-refractivity contribution in [1.29, 1.82) is 0 Å². The Labute approximate surface area is 205 Å². The normalized spacial score (nSPS) is 22.1. The molecule has 0 bridgehead atoms. The fourth-order valence-electron chi connectivity index (χ4n) is 5.05. The van der Waals surface area contributed by atoms with Crippen molar-refractivity contribution in [2.45, 2.75) is 62.2 Å². The second kappa shape index (κ2) is 9.55. The van der Waals surface area contributed by atoms with E-state index in [1.54, 1.807) is 12.1 Å². The van der Waals surface area contributed by atoms with E-state index >= 15 is 0 Å². The van der Waals surface area contributed by atoms with Crippen molar-refractivity contribution in [2.75, 3.05) is 13.1 Å². The fourth-order valence-corrected chi connectivity index (χ4v) is 7.22. The standard InChI is InChI=1S/C24H29Cl2N3O3S/c1-17(11-12-19-7-4-3-5-8-19)29-23(30)18(2)27-24(29)13-15-28(16-14-24)33(31,32)21-10-6-9-20(25)22(21)26/h3-10,17-18,27H,11-16H2,1-2H3. The maximum Gasteiger partial charge on any atom is 0.244 e. The molecule has 2 aliphatic heterocycles. The molecule has 2 aromatic carbocycles. The molecule has 2 fully saturated rings. The summed E-state index contributed by atoms with van der Waals surface area (Å²) < 4.78 is 27.9. The highest BCUT2D eigenvalue weighted by Gasteiger charge is 2.52. The lowest BCUT2D eigenvalue weighted by atomic mass is 9.94. The average Bonchev–Trinajstić information content (AvgIpc) is 3.04. The molecular formula is C24H29Cl2N3O3S. The van der Waals surface area contributed by atoms with Gasteiger partial charge >= 0.3 is 0 Å². The summed E-state index contributed by atoms with van der Waals surface area (Å²) >= 11 is 12.3. The van der Waals surface area contributed by atoms with Gasteiger partial charge in [-0.3, -0.25) is 10.1 Å². The molecule has 0 aliphatic carbocycles. The van der Waals surface area contributed by atoms with Crippen molar-refractivity contribution < 1.29 is 13.2 Å².